The second-order valence-corrected chi connectivity index (χ2v) is 6.00. The zero-order valence-corrected chi connectivity index (χ0v) is 14.8. The van der Waals surface area contributed by atoms with Crippen LogP contribution in [0.15, 0.2) is 36.4 Å². The van der Waals surface area contributed by atoms with Crippen LogP contribution in [-0.4, -0.2) is 30.1 Å². The average Bonchev–Trinajstić information content (AvgIpc) is 2.55. The van der Waals surface area contributed by atoms with Gasteiger partial charge in [0, 0.05) is 38.4 Å². The average molecular weight is 312 g/mol. The fourth-order valence-electron chi connectivity index (χ4n) is 2.66. The van der Waals surface area contributed by atoms with Gasteiger partial charge in [-0.3, -0.25) is 0 Å². The number of hydrogen-bond acceptors (Lipinski definition) is 4. The van der Waals surface area contributed by atoms with E-state index in [0.717, 1.165) is 49.9 Å². The summed E-state index contributed by atoms with van der Waals surface area (Å²) in [6.07, 6.45) is 2.21. The standard InChI is InChI=1S/C19H28N4/c1-5-12-23(13-6-2)19-20-16(3)14-18(21-19)22(4)15-17-10-8-7-9-11-17/h7-11,14H,5-6,12-13,15H2,1-4H3. The molecule has 0 atom stereocenters. The summed E-state index contributed by atoms with van der Waals surface area (Å²) >= 11 is 0. The van der Waals surface area contributed by atoms with Crippen LogP contribution in [-0.2, 0) is 6.54 Å². The van der Waals surface area contributed by atoms with Crippen molar-refractivity contribution in [3.8, 4) is 0 Å². The Bertz CT molecular complexity index is 592. The molecule has 0 N–H and O–H groups in total. The van der Waals surface area contributed by atoms with Crippen LogP contribution in [0.4, 0.5) is 11.8 Å². The van der Waals surface area contributed by atoms with E-state index in [2.05, 4.69) is 66.0 Å². The minimum absolute atomic E-state index is 0.846. The van der Waals surface area contributed by atoms with Gasteiger partial charge >= 0.3 is 0 Å². The summed E-state index contributed by atoms with van der Waals surface area (Å²) < 4.78 is 0. The molecular weight excluding hydrogens is 284 g/mol. The molecule has 1 heterocycles. The molecule has 2 aromatic rings. The highest BCUT2D eigenvalue weighted by Gasteiger charge is 2.12. The van der Waals surface area contributed by atoms with Crippen LogP contribution in [0.25, 0.3) is 0 Å². The molecule has 4 heteroatoms. The number of nitrogens with zero attached hydrogens (tertiary/aromatic N) is 4. The van der Waals surface area contributed by atoms with Gasteiger partial charge in [0.15, 0.2) is 0 Å². The zero-order chi connectivity index (χ0) is 16.7. The van der Waals surface area contributed by atoms with Crippen LogP contribution in [0.1, 0.15) is 37.9 Å². The van der Waals surface area contributed by atoms with Gasteiger partial charge in [-0.15, -0.1) is 0 Å². The molecular formula is C19H28N4. The lowest BCUT2D eigenvalue weighted by Crippen LogP contribution is -2.28. The summed E-state index contributed by atoms with van der Waals surface area (Å²) in [6, 6.07) is 12.5. The Morgan fingerprint density at radius 2 is 1.61 bits per heavy atom. The van der Waals surface area contributed by atoms with Crippen LogP contribution in [0.5, 0.6) is 0 Å². The van der Waals surface area contributed by atoms with Crippen LogP contribution in [0, 0.1) is 6.92 Å². The Labute approximate surface area is 140 Å². The maximum atomic E-state index is 4.81. The molecule has 23 heavy (non-hydrogen) atoms. The first-order valence-electron chi connectivity index (χ1n) is 8.49. The minimum atomic E-state index is 0.846. The number of rotatable bonds is 8. The fraction of sp³-hybridized carbons (Fsp3) is 0.474. The fourth-order valence-corrected chi connectivity index (χ4v) is 2.66. The molecule has 0 bridgehead atoms. The summed E-state index contributed by atoms with van der Waals surface area (Å²) in [5.41, 5.74) is 2.30. The Morgan fingerprint density at radius 1 is 0.957 bits per heavy atom. The summed E-state index contributed by atoms with van der Waals surface area (Å²) in [5, 5.41) is 0. The topological polar surface area (TPSA) is 32.3 Å². The SMILES string of the molecule is CCCN(CCC)c1nc(C)cc(N(C)Cc2ccccc2)n1. The van der Waals surface area contributed by atoms with Crippen molar-refractivity contribution in [3.05, 3.63) is 47.7 Å². The molecule has 0 spiro atoms. The number of aryl methyl sites for hydroxylation is 1. The summed E-state index contributed by atoms with van der Waals surface area (Å²) in [4.78, 5) is 13.9. The van der Waals surface area contributed by atoms with E-state index >= 15 is 0 Å². The monoisotopic (exact) mass is 312 g/mol. The van der Waals surface area contributed by atoms with Crippen molar-refractivity contribution in [1.29, 1.82) is 0 Å². The predicted octanol–water partition coefficient (Wildman–Crippen LogP) is 4.05. The van der Waals surface area contributed by atoms with Gasteiger partial charge in [-0.05, 0) is 25.3 Å². The summed E-state index contributed by atoms with van der Waals surface area (Å²) in [7, 11) is 2.09. The van der Waals surface area contributed by atoms with E-state index in [1.54, 1.807) is 0 Å². The number of aromatic nitrogens is 2. The van der Waals surface area contributed by atoms with E-state index in [1.165, 1.54) is 5.56 Å². The van der Waals surface area contributed by atoms with Gasteiger partial charge in [0.05, 0.1) is 0 Å². The molecule has 124 valence electrons. The maximum absolute atomic E-state index is 4.81. The Hall–Kier alpha value is -2.10. The predicted molar refractivity (Wildman–Crippen MR) is 98.1 cm³/mol. The molecule has 0 amide bonds. The number of hydrogen-bond donors (Lipinski definition) is 0. The van der Waals surface area contributed by atoms with Crippen molar-refractivity contribution in [2.75, 3.05) is 29.9 Å². The molecule has 1 aromatic carbocycles. The third-order valence-electron chi connectivity index (χ3n) is 3.75. The third kappa shape index (κ3) is 4.95. The lowest BCUT2D eigenvalue weighted by molar-refractivity contribution is 0.716. The molecule has 0 aliphatic heterocycles. The maximum Gasteiger partial charge on any atom is 0.227 e. The summed E-state index contributed by atoms with van der Waals surface area (Å²) in [6.45, 7) is 9.28. The Morgan fingerprint density at radius 3 is 2.22 bits per heavy atom. The van der Waals surface area contributed by atoms with E-state index in [-0.39, 0.29) is 0 Å². The van der Waals surface area contributed by atoms with Crippen molar-refractivity contribution < 1.29 is 0 Å². The van der Waals surface area contributed by atoms with Crippen molar-refractivity contribution in [2.24, 2.45) is 0 Å². The molecule has 0 saturated heterocycles. The summed E-state index contributed by atoms with van der Waals surface area (Å²) in [5.74, 6) is 1.83. The molecule has 0 saturated carbocycles. The van der Waals surface area contributed by atoms with E-state index in [4.69, 9.17) is 4.98 Å². The first-order valence-corrected chi connectivity index (χ1v) is 8.49. The van der Waals surface area contributed by atoms with E-state index in [0.29, 0.717) is 0 Å². The van der Waals surface area contributed by atoms with Gasteiger partial charge < -0.3 is 9.80 Å². The van der Waals surface area contributed by atoms with Gasteiger partial charge in [0.25, 0.3) is 0 Å². The Kier molecular flexibility index (Phi) is 6.39. The number of anilines is 2. The van der Waals surface area contributed by atoms with Crippen molar-refractivity contribution in [3.63, 3.8) is 0 Å². The first-order chi connectivity index (χ1) is 11.1. The lowest BCUT2D eigenvalue weighted by Gasteiger charge is -2.24. The molecule has 0 aliphatic carbocycles. The van der Waals surface area contributed by atoms with Crippen LogP contribution < -0.4 is 9.80 Å². The zero-order valence-electron chi connectivity index (χ0n) is 14.8. The van der Waals surface area contributed by atoms with Crippen molar-refractivity contribution >= 4 is 11.8 Å². The van der Waals surface area contributed by atoms with Crippen molar-refractivity contribution in [1.82, 2.24) is 9.97 Å². The lowest BCUT2D eigenvalue weighted by atomic mass is 10.2. The highest BCUT2D eigenvalue weighted by Crippen LogP contribution is 2.19. The quantitative estimate of drug-likeness (QED) is 0.736. The molecule has 0 aliphatic rings. The van der Waals surface area contributed by atoms with Gasteiger partial charge in [0.1, 0.15) is 5.82 Å². The van der Waals surface area contributed by atoms with Crippen molar-refractivity contribution in [2.45, 2.75) is 40.2 Å². The first kappa shape index (κ1) is 17.3. The molecule has 0 unspecified atom stereocenters. The molecule has 2 rings (SSSR count). The van der Waals surface area contributed by atoms with Gasteiger partial charge in [-0.1, -0.05) is 44.2 Å². The molecule has 1 aromatic heterocycles. The second kappa shape index (κ2) is 8.51. The highest BCUT2D eigenvalue weighted by molar-refractivity contribution is 5.46. The third-order valence-corrected chi connectivity index (χ3v) is 3.75. The van der Waals surface area contributed by atoms with E-state index < -0.39 is 0 Å². The van der Waals surface area contributed by atoms with Crippen LogP contribution in [0.2, 0.25) is 0 Å². The normalized spacial score (nSPS) is 10.6. The van der Waals surface area contributed by atoms with Gasteiger partial charge in [-0.25, -0.2) is 4.98 Å². The molecule has 0 fully saturated rings. The van der Waals surface area contributed by atoms with E-state index in [9.17, 15) is 0 Å². The largest absolute Gasteiger partial charge is 0.355 e. The molecule has 4 nitrogen and oxygen atoms in total. The second-order valence-electron chi connectivity index (χ2n) is 6.00. The highest BCUT2D eigenvalue weighted by atomic mass is 15.3. The minimum Gasteiger partial charge on any atom is -0.355 e. The van der Waals surface area contributed by atoms with Gasteiger partial charge in [0.2, 0.25) is 5.95 Å². The number of benzene rings is 1. The van der Waals surface area contributed by atoms with Crippen LogP contribution >= 0.6 is 0 Å². The van der Waals surface area contributed by atoms with Crippen LogP contribution in [0.3, 0.4) is 0 Å². The van der Waals surface area contributed by atoms with E-state index in [1.807, 2.05) is 13.0 Å². The van der Waals surface area contributed by atoms with Gasteiger partial charge in [-0.2, -0.15) is 4.98 Å². The molecule has 0 radical (unpaired) electrons. The smallest absolute Gasteiger partial charge is 0.227 e. The Balaban J connectivity index is 2.21.